The van der Waals surface area contributed by atoms with Crippen molar-refractivity contribution >= 4 is 29.0 Å². The molecule has 1 heterocycles. The molecule has 0 bridgehead atoms. The van der Waals surface area contributed by atoms with E-state index in [1.165, 1.54) is 11.3 Å². The first-order chi connectivity index (χ1) is 7.37. The van der Waals surface area contributed by atoms with Gasteiger partial charge in [-0.3, -0.25) is 5.43 Å². The van der Waals surface area contributed by atoms with E-state index in [2.05, 4.69) is 10.9 Å². The number of amides is 1. The van der Waals surface area contributed by atoms with Gasteiger partial charge in [0.2, 0.25) is 0 Å². The molecule has 0 spiro atoms. The predicted octanol–water partition coefficient (Wildman–Crippen LogP) is 2.93. The molecule has 1 amide bonds. The van der Waals surface area contributed by atoms with Gasteiger partial charge in [0.05, 0.1) is 5.02 Å². The van der Waals surface area contributed by atoms with Gasteiger partial charge in [0.25, 0.3) is 0 Å². The fourth-order valence-electron chi connectivity index (χ4n) is 0.954. The summed E-state index contributed by atoms with van der Waals surface area (Å²) < 4.78 is 5.05. The Labute approximate surface area is 104 Å². The van der Waals surface area contributed by atoms with Gasteiger partial charge in [0, 0.05) is 16.8 Å². The predicted molar refractivity (Wildman–Crippen MR) is 65.5 cm³/mol. The molecule has 1 rings (SSSR count). The Morgan fingerprint density at radius 2 is 2.25 bits per heavy atom. The Hall–Kier alpha value is -0.780. The Bertz CT molecular complexity index is 360. The van der Waals surface area contributed by atoms with Crippen molar-refractivity contribution in [2.75, 3.05) is 0 Å². The zero-order valence-electron chi connectivity index (χ0n) is 9.46. The normalized spacial score (nSPS) is 11.2. The van der Waals surface area contributed by atoms with Crippen molar-refractivity contribution in [3.05, 3.63) is 21.3 Å². The molecule has 90 valence electrons. The van der Waals surface area contributed by atoms with Gasteiger partial charge in [-0.25, -0.2) is 10.2 Å². The summed E-state index contributed by atoms with van der Waals surface area (Å²) in [5.74, 6) is 0. The van der Waals surface area contributed by atoms with E-state index in [1.807, 2.05) is 32.2 Å². The second kappa shape index (κ2) is 5.52. The summed E-state index contributed by atoms with van der Waals surface area (Å²) in [6.45, 7) is 5.96. The number of hydrazine groups is 1. The van der Waals surface area contributed by atoms with Gasteiger partial charge >= 0.3 is 6.09 Å². The van der Waals surface area contributed by atoms with Crippen LogP contribution >= 0.6 is 22.9 Å². The molecule has 0 aliphatic carbocycles. The third-order valence-electron chi connectivity index (χ3n) is 1.47. The minimum atomic E-state index is -0.491. The van der Waals surface area contributed by atoms with Crippen molar-refractivity contribution < 1.29 is 9.53 Å². The minimum Gasteiger partial charge on any atom is -0.443 e. The van der Waals surface area contributed by atoms with Crippen LogP contribution in [0.2, 0.25) is 5.02 Å². The lowest BCUT2D eigenvalue weighted by atomic mass is 10.2. The second-order valence-electron chi connectivity index (χ2n) is 4.21. The molecule has 0 saturated carbocycles. The van der Waals surface area contributed by atoms with Gasteiger partial charge in [-0.1, -0.05) is 11.6 Å². The first-order valence-electron chi connectivity index (χ1n) is 4.81. The number of carbonyl (C=O) groups excluding carboxylic acids is 1. The van der Waals surface area contributed by atoms with Crippen molar-refractivity contribution in [1.82, 2.24) is 10.9 Å². The fraction of sp³-hybridized carbons (Fsp3) is 0.500. The van der Waals surface area contributed by atoms with E-state index in [-0.39, 0.29) is 0 Å². The van der Waals surface area contributed by atoms with Crippen LogP contribution in [0, 0.1) is 0 Å². The Balaban J connectivity index is 2.23. The van der Waals surface area contributed by atoms with Crippen LogP contribution in [0.5, 0.6) is 0 Å². The molecule has 0 radical (unpaired) electrons. The quantitative estimate of drug-likeness (QED) is 0.824. The maximum Gasteiger partial charge on any atom is 0.422 e. The summed E-state index contributed by atoms with van der Waals surface area (Å²) in [6, 6.07) is 1.84. The molecule has 16 heavy (non-hydrogen) atoms. The largest absolute Gasteiger partial charge is 0.443 e. The number of rotatable bonds is 3. The number of thiophene rings is 1. The molecule has 0 aromatic carbocycles. The van der Waals surface area contributed by atoms with Gasteiger partial charge in [-0.2, -0.15) is 0 Å². The number of ether oxygens (including phenoxy) is 1. The summed E-state index contributed by atoms with van der Waals surface area (Å²) in [5, 5.41) is 2.55. The highest BCUT2D eigenvalue weighted by molar-refractivity contribution is 7.10. The van der Waals surface area contributed by atoms with Crippen molar-refractivity contribution in [3.8, 4) is 0 Å². The van der Waals surface area contributed by atoms with Gasteiger partial charge in [0.15, 0.2) is 0 Å². The van der Waals surface area contributed by atoms with Crippen LogP contribution in [-0.4, -0.2) is 11.7 Å². The van der Waals surface area contributed by atoms with E-state index in [9.17, 15) is 4.79 Å². The van der Waals surface area contributed by atoms with Gasteiger partial charge < -0.3 is 4.74 Å². The number of hydrogen-bond donors (Lipinski definition) is 2. The van der Waals surface area contributed by atoms with E-state index < -0.39 is 11.7 Å². The van der Waals surface area contributed by atoms with E-state index in [4.69, 9.17) is 16.3 Å². The van der Waals surface area contributed by atoms with Gasteiger partial charge in [-0.15, -0.1) is 11.3 Å². The van der Waals surface area contributed by atoms with Gasteiger partial charge in [-0.05, 0) is 26.8 Å². The highest BCUT2D eigenvalue weighted by atomic mass is 35.5. The van der Waals surface area contributed by atoms with E-state index >= 15 is 0 Å². The van der Waals surface area contributed by atoms with Crippen LogP contribution in [0.1, 0.15) is 25.6 Å². The standard InChI is InChI=1S/C10H15ClN2O2S/c1-10(2,3)15-9(14)13-12-5-8-4-7(11)6-16-8/h4,6,12H,5H2,1-3H3,(H,13,14). The van der Waals surface area contributed by atoms with Crippen molar-refractivity contribution in [3.63, 3.8) is 0 Å². The van der Waals surface area contributed by atoms with E-state index in [0.29, 0.717) is 11.6 Å². The molecule has 6 heteroatoms. The number of carbonyl (C=O) groups is 1. The number of hydrogen-bond acceptors (Lipinski definition) is 4. The highest BCUT2D eigenvalue weighted by Crippen LogP contribution is 2.18. The van der Waals surface area contributed by atoms with Crippen LogP contribution in [-0.2, 0) is 11.3 Å². The maximum atomic E-state index is 11.2. The third kappa shape index (κ3) is 5.34. The molecule has 1 aromatic heterocycles. The van der Waals surface area contributed by atoms with Gasteiger partial charge in [0.1, 0.15) is 5.60 Å². The lowest BCUT2D eigenvalue weighted by molar-refractivity contribution is 0.0497. The molecule has 0 unspecified atom stereocenters. The van der Waals surface area contributed by atoms with Crippen LogP contribution in [0.3, 0.4) is 0 Å². The fourth-order valence-corrected chi connectivity index (χ4v) is 1.97. The lowest BCUT2D eigenvalue weighted by Crippen LogP contribution is -2.40. The first kappa shape index (κ1) is 13.3. The third-order valence-corrected chi connectivity index (χ3v) is 2.76. The zero-order valence-corrected chi connectivity index (χ0v) is 11.0. The van der Waals surface area contributed by atoms with Crippen LogP contribution in [0.15, 0.2) is 11.4 Å². The van der Waals surface area contributed by atoms with Crippen molar-refractivity contribution in [1.29, 1.82) is 0 Å². The molecular weight excluding hydrogens is 248 g/mol. The summed E-state index contributed by atoms with van der Waals surface area (Å²) >= 11 is 7.29. The molecule has 0 aliphatic rings. The lowest BCUT2D eigenvalue weighted by Gasteiger charge is -2.19. The molecule has 2 N–H and O–H groups in total. The summed E-state index contributed by atoms with van der Waals surface area (Å²) in [4.78, 5) is 12.3. The summed E-state index contributed by atoms with van der Waals surface area (Å²) in [6.07, 6.45) is -0.491. The topological polar surface area (TPSA) is 50.4 Å². The summed E-state index contributed by atoms with van der Waals surface area (Å²) in [7, 11) is 0. The van der Waals surface area contributed by atoms with E-state index in [1.54, 1.807) is 0 Å². The molecular formula is C10H15ClN2O2S. The molecule has 1 aromatic rings. The Morgan fingerprint density at radius 1 is 1.56 bits per heavy atom. The average molecular weight is 263 g/mol. The molecule has 0 saturated heterocycles. The number of nitrogens with one attached hydrogen (secondary N) is 2. The Kier molecular flexibility index (Phi) is 4.58. The van der Waals surface area contributed by atoms with Crippen LogP contribution in [0.25, 0.3) is 0 Å². The number of halogens is 1. The Morgan fingerprint density at radius 3 is 2.75 bits per heavy atom. The molecule has 0 aliphatic heterocycles. The first-order valence-corrected chi connectivity index (χ1v) is 6.07. The minimum absolute atomic E-state index is 0.488. The second-order valence-corrected chi connectivity index (χ2v) is 5.64. The molecule has 4 nitrogen and oxygen atoms in total. The smallest absolute Gasteiger partial charge is 0.422 e. The van der Waals surface area contributed by atoms with Crippen LogP contribution < -0.4 is 10.9 Å². The van der Waals surface area contributed by atoms with Crippen molar-refractivity contribution in [2.24, 2.45) is 0 Å². The SMILES string of the molecule is CC(C)(C)OC(=O)NNCc1cc(Cl)cs1. The monoisotopic (exact) mass is 262 g/mol. The zero-order chi connectivity index (χ0) is 12.2. The maximum absolute atomic E-state index is 11.2. The highest BCUT2D eigenvalue weighted by Gasteiger charge is 2.15. The molecule has 0 fully saturated rings. The van der Waals surface area contributed by atoms with E-state index in [0.717, 1.165) is 4.88 Å². The summed E-state index contributed by atoms with van der Waals surface area (Å²) in [5.41, 5.74) is 4.73. The average Bonchev–Trinajstić information content (AvgIpc) is 2.48. The van der Waals surface area contributed by atoms with Crippen LogP contribution in [0.4, 0.5) is 4.79 Å². The van der Waals surface area contributed by atoms with Crippen molar-refractivity contribution in [2.45, 2.75) is 32.9 Å². The molecule has 0 atom stereocenters.